The quantitative estimate of drug-likeness (QED) is 0.568. The van der Waals surface area contributed by atoms with Crippen LogP contribution in [0.25, 0.3) is 11.0 Å². The van der Waals surface area contributed by atoms with Crippen molar-refractivity contribution in [1.29, 1.82) is 5.26 Å². The van der Waals surface area contributed by atoms with Gasteiger partial charge in [-0.05, 0) is 43.0 Å². The van der Waals surface area contributed by atoms with Gasteiger partial charge in [0.1, 0.15) is 17.5 Å². The number of fused-ring (bicyclic) bond motifs is 2. The zero-order valence-electron chi connectivity index (χ0n) is 14.5. The van der Waals surface area contributed by atoms with Crippen LogP contribution < -0.4 is 16.0 Å². The van der Waals surface area contributed by atoms with E-state index in [0.717, 1.165) is 35.2 Å². The Kier molecular flexibility index (Phi) is 3.47. The van der Waals surface area contributed by atoms with Crippen molar-refractivity contribution < 1.29 is 4.79 Å². The smallest absolute Gasteiger partial charge is 0.231 e. The number of hydrogen-bond donors (Lipinski definition) is 4. The van der Waals surface area contributed by atoms with Gasteiger partial charge in [0.05, 0.1) is 10.9 Å². The Balaban J connectivity index is 1.50. The van der Waals surface area contributed by atoms with Crippen molar-refractivity contribution in [2.75, 3.05) is 16.0 Å². The van der Waals surface area contributed by atoms with Crippen LogP contribution in [0.15, 0.2) is 24.4 Å². The second-order valence-electron chi connectivity index (χ2n) is 6.90. The molecular weight excluding hydrogens is 342 g/mol. The van der Waals surface area contributed by atoms with Crippen LogP contribution in [-0.4, -0.2) is 26.9 Å². The minimum atomic E-state index is 0.0489. The number of nitrogens with zero attached hydrogens (tertiary/aromatic N) is 3. The molecule has 0 atom stereocenters. The maximum atomic E-state index is 11.5. The SMILES string of the molecule is N#Cc1c[nH]c2nc(Nc3ccc4c(c3)CCC(=O)N4)nc(NC3CC3)c12. The molecule has 1 fully saturated rings. The molecule has 1 saturated carbocycles. The number of anilines is 4. The van der Waals surface area contributed by atoms with E-state index in [9.17, 15) is 10.1 Å². The van der Waals surface area contributed by atoms with Gasteiger partial charge in [0.15, 0.2) is 0 Å². The number of aromatic amines is 1. The summed E-state index contributed by atoms with van der Waals surface area (Å²) in [6, 6.07) is 8.38. The molecule has 0 bridgehead atoms. The maximum Gasteiger partial charge on any atom is 0.231 e. The summed E-state index contributed by atoms with van der Waals surface area (Å²) < 4.78 is 0. The first kappa shape index (κ1) is 15.6. The molecule has 8 nitrogen and oxygen atoms in total. The standard InChI is InChI=1S/C19H17N7O/c20-8-11-9-21-17-16(11)18(22-12-2-3-12)26-19(25-17)23-13-4-5-14-10(7-13)1-6-15(27)24-14/h4-5,7,9,12H,1-3,6H2,(H,24,27)(H3,21,22,23,25,26). The predicted octanol–water partition coefficient (Wildman–Crippen LogP) is 3.03. The Bertz CT molecular complexity index is 1110. The summed E-state index contributed by atoms with van der Waals surface area (Å²) in [6.45, 7) is 0. The van der Waals surface area contributed by atoms with E-state index in [1.165, 1.54) is 0 Å². The second-order valence-corrected chi connectivity index (χ2v) is 6.90. The maximum absolute atomic E-state index is 11.5. The van der Waals surface area contributed by atoms with Gasteiger partial charge in [0, 0.05) is 30.0 Å². The van der Waals surface area contributed by atoms with Crippen molar-refractivity contribution >= 4 is 40.1 Å². The monoisotopic (exact) mass is 359 g/mol. The van der Waals surface area contributed by atoms with Gasteiger partial charge in [-0.1, -0.05) is 0 Å². The molecule has 1 aliphatic carbocycles. The molecule has 3 aromatic rings. The van der Waals surface area contributed by atoms with Crippen LogP contribution in [0, 0.1) is 11.3 Å². The number of nitriles is 1. The molecule has 0 spiro atoms. The number of aryl methyl sites for hydroxylation is 1. The van der Waals surface area contributed by atoms with Gasteiger partial charge < -0.3 is 20.9 Å². The van der Waals surface area contributed by atoms with Crippen LogP contribution in [-0.2, 0) is 11.2 Å². The Morgan fingerprint density at radius 2 is 2.11 bits per heavy atom. The van der Waals surface area contributed by atoms with Crippen LogP contribution >= 0.6 is 0 Å². The largest absolute Gasteiger partial charge is 0.367 e. The zero-order valence-corrected chi connectivity index (χ0v) is 14.5. The summed E-state index contributed by atoms with van der Waals surface area (Å²) >= 11 is 0. The van der Waals surface area contributed by atoms with Gasteiger partial charge in [0.25, 0.3) is 0 Å². The number of amides is 1. The molecule has 0 radical (unpaired) electrons. The molecule has 0 unspecified atom stereocenters. The highest BCUT2D eigenvalue weighted by molar-refractivity contribution is 5.95. The predicted molar refractivity (Wildman–Crippen MR) is 102 cm³/mol. The van der Waals surface area contributed by atoms with Crippen molar-refractivity contribution in [3.05, 3.63) is 35.5 Å². The average molecular weight is 359 g/mol. The molecule has 1 aliphatic heterocycles. The third-order valence-corrected chi connectivity index (χ3v) is 4.83. The molecule has 1 amide bonds. The van der Waals surface area contributed by atoms with Gasteiger partial charge in [-0.2, -0.15) is 15.2 Å². The molecule has 2 aliphatic rings. The van der Waals surface area contributed by atoms with Crippen molar-refractivity contribution in [2.24, 2.45) is 0 Å². The van der Waals surface area contributed by atoms with E-state index in [4.69, 9.17) is 0 Å². The van der Waals surface area contributed by atoms with Crippen LogP contribution in [0.2, 0.25) is 0 Å². The average Bonchev–Trinajstić information content (AvgIpc) is 3.38. The van der Waals surface area contributed by atoms with Gasteiger partial charge in [-0.3, -0.25) is 4.79 Å². The van der Waals surface area contributed by atoms with E-state index in [-0.39, 0.29) is 5.91 Å². The minimum Gasteiger partial charge on any atom is -0.367 e. The number of benzene rings is 1. The summed E-state index contributed by atoms with van der Waals surface area (Å²) in [7, 11) is 0. The highest BCUT2D eigenvalue weighted by Crippen LogP contribution is 2.32. The fourth-order valence-corrected chi connectivity index (χ4v) is 3.29. The molecule has 8 heteroatoms. The molecule has 27 heavy (non-hydrogen) atoms. The van der Waals surface area contributed by atoms with Crippen molar-refractivity contribution in [1.82, 2.24) is 15.0 Å². The number of H-pyrrole nitrogens is 1. The first-order valence-corrected chi connectivity index (χ1v) is 8.95. The lowest BCUT2D eigenvalue weighted by Crippen LogP contribution is -2.18. The summed E-state index contributed by atoms with van der Waals surface area (Å²) in [6.07, 6.45) is 5.08. The number of rotatable bonds is 4. The topological polar surface area (TPSA) is 119 Å². The van der Waals surface area contributed by atoms with E-state index in [2.05, 4.69) is 37.0 Å². The third-order valence-electron chi connectivity index (χ3n) is 4.83. The third kappa shape index (κ3) is 2.93. The Morgan fingerprint density at radius 1 is 1.22 bits per heavy atom. The first-order chi connectivity index (χ1) is 13.2. The normalized spacial score (nSPS) is 15.7. The van der Waals surface area contributed by atoms with Crippen molar-refractivity contribution in [3.63, 3.8) is 0 Å². The van der Waals surface area contributed by atoms with Gasteiger partial charge >= 0.3 is 0 Å². The summed E-state index contributed by atoms with van der Waals surface area (Å²) in [4.78, 5) is 23.7. The minimum absolute atomic E-state index is 0.0489. The molecular formula is C19H17N7O. The summed E-state index contributed by atoms with van der Waals surface area (Å²) in [5.74, 6) is 1.18. The Hall–Kier alpha value is -3.60. The Labute approximate surface area is 155 Å². The highest BCUT2D eigenvalue weighted by atomic mass is 16.1. The lowest BCUT2D eigenvalue weighted by Gasteiger charge is -2.18. The van der Waals surface area contributed by atoms with Gasteiger partial charge in [-0.25, -0.2) is 0 Å². The van der Waals surface area contributed by atoms with Crippen LogP contribution in [0.5, 0.6) is 0 Å². The molecule has 5 rings (SSSR count). The first-order valence-electron chi connectivity index (χ1n) is 8.95. The van der Waals surface area contributed by atoms with Crippen LogP contribution in [0.3, 0.4) is 0 Å². The lowest BCUT2D eigenvalue weighted by atomic mass is 10.0. The van der Waals surface area contributed by atoms with Gasteiger partial charge in [-0.15, -0.1) is 0 Å². The van der Waals surface area contributed by atoms with Gasteiger partial charge in [0.2, 0.25) is 11.9 Å². The molecule has 0 saturated heterocycles. The number of carbonyl (C=O) groups excluding carboxylic acids is 1. The lowest BCUT2D eigenvalue weighted by molar-refractivity contribution is -0.116. The number of aromatic nitrogens is 3. The number of nitrogens with one attached hydrogen (secondary N) is 4. The summed E-state index contributed by atoms with van der Waals surface area (Å²) in [5.41, 5.74) is 3.95. The van der Waals surface area contributed by atoms with Crippen molar-refractivity contribution in [2.45, 2.75) is 31.7 Å². The zero-order chi connectivity index (χ0) is 18.4. The summed E-state index contributed by atoms with van der Waals surface area (Å²) in [5, 5.41) is 19.6. The molecule has 1 aromatic carbocycles. The highest BCUT2D eigenvalue weighted by Gasteiger charge is 2.24. The van der Waals surface area contributed by atoms with E-state index in [1.54, 1.807) is 6.20 Å². The van der Waals surface area contributed by atoms with E-state index < -0.39 is 0 Å². The molecule has 3 heterocycles. The Morgan fingerprint density at radius 3 is 2.93 bits per heavy atom. The van der Waals surface area contributed by atoms with Crippen LogP contribution in [0.1, 0.15) is 30.4 Å². The molecule has 2 aromatic heterocycles. The molecule has 4 N–H and O–H groups in total. The van der Waals surface area contributed by atoms with Crippen molar-refractivity contribution in [3.8, 4) is 6.07 Å². The fraction of sp³-hybridized carbons (Fsp3) is 0.263. The molecule has 134 valence electrons. The second kappa shape index (κ2) is 5.99. The van der Waals surface area contributed by atoms with E-state index >= 15 is 0 Å². The van der Waals surface area contributed by atoms with E-state index in [0.29, 0.717) is 41.9 Å². The van der Waals surface area contributed by atoms with Crippen LogP contribution in [0.4, 0.5) is 23.1 Å². The van der Waals surface area contributed by atoms with E-state index in [1.807, 2.05) is 18.2 Å². The fourth-order valence-electron chi connectivity index (χ4n) is 3.29. The number of hydrogen-bond acceptors (Lipinski definition) is 6. The number of carbonyl (C=O) groups is 1.